The monoisotopic (exact) mass is 332 g/mol. The summed E-state index contributed by atoms with van der Waals surface area (Å²) in [5.74, 6) is -0.104. The number of carbonyl (C=O) groups is 1. The maximum atomic E-state index is 12.0. The molecule has 2 aromatic rings. The molecule has 0 atom stereocenters. The third kappa shape index (κ3) is 5.10. The van der Waals surface area contributed by atoms with Crippen LogP contribution in [0.25, 0.3) is 0 Å². The number of nitrogens with one attached hydrogen (secondary N) is 1. The van der Waals surface area contributed by atoms with Gasteiger partial charge in [-0.2, -0.15) is 0 Å². The molecule has 0 spiro atoms. The molecule has 0 radical (unpaired) electrons. The predicted molar refractivity (Wildman–Crippen MR) is 93.1 cm³/mol. The molecule has 2 rings (SSSR count). The quantitative estimate of drug-likeness (QED) is 0.884. The average molecular weight is 332 g/mol. The van der Waals surface area contributed by atoms with Gasteiger partial charge in [-0.05, 0) is 30.2 Å². The molecule has 0 aliphatic rings. The molecule has 0 aromatic heterocycles. The van der Waals surface area contributed by atoms with Gasteiger partial charge >= 0.3 is 0 Å². The number of aryl methyl sites for hydroxylation is 1. The van der Waals surface area contributed by atoms with Crippen LogP contribution in [0.2, 0.25) is 0 Å². The van der Waals surface area contributed by atoms with Crippen LogP contribution in [0.1, 0.15) is 12.0 Å². The summed E-state index contributed by atoms with van der Waals surface area (Å²) in [4.78, 5) is 12.0. The lowest BCUT2D eigenvalue weighted by atomic mass is 10.1. The van der Waals surface area contributed by atoms with Gasteiger partial charge in [-0.15, -0.1) is 0 Å². The predicted octanol–water partition coefficient (Wildman–Crippen LogP) is 2.65. The van der Waals surface area contributed by atoms with E-state index in [0.717, 1.165) is 11.8 Å². The van der Waals surface area contributed by atoms with Gasteiger partial charge in [0.2, 0.25) is 15.9 Å². The van der Waals surface area contributed by atoms with Crippen molar-refractivity contribution in [1.29, 1.82) is 0 Å². The molecule has 5 nitrogen and oxygen atoms in total. The number of anilines is 2. The number of sulfonamides is 1. The zero-order valence-corrected chi connectivity index (χ0v) is 14.0. The maximum Gasteiger partial charge on any atom is 0.231 e. The minimum absolute atomic E-state index is 0.104. The number of amides is 1. The molecule has 1 amide bonds. The Bertz CT molecular complexity index is 773. The van der Waals surface area contributed by atoms with Gasteiger partial charge in [0.1, 0.15) is 0 Å². The molecule has 0 saturated carbocycles. The first kappa shape index (κ1) is 17.0. The van der Waals surface area contributed by atoms with Crippen LogP contribution in [0.4, 0.5) is 11.4 Å². The molecule has 0 unspecified atom stereocenters. The first-order valence-electron chi connectivity index (χ1n) is 7.24. The van der Waals surface area contributed by atoms with Gasteiger partial charge in [0.15, 0.2) is 0 Å². The Balaban J connectivity index is 1.99. The van der Waals surface area contributed by atoms with Crippen molar-refractivity contribution in [3.05, 3.63) is 60.2 Å². The zero-order chi connectivity index (χ0) is 16.9. The van der Waals surface area contributed by atoms with Crippen molar-refractivity contribution in [3.8, 4) is 0 Å². The lowest BCUT2D eigenvalue weighted by Gasteiger charge is -2.17. The minimum atomic E-state index is -3.33. The average Bonchev–Trinajstić information content (AvgIpc) is 2.52. The third-order valence-electron chi connectivity index (χ3n) is 3.47. The third-order valence-corrected chi connectivity index (χ3v) is 4.68. The van der Waals surface area contributed by atoms with Crippen LogP contribution in [0.5, 0.6) is 0 Å². The molecule has 2 aromatic carbocycles. The topological polar surface area (TPSA) is 66.5 Å². The molecule has 0 fully saturated rings. The van der Waals surface area contributed by atoms with E-state index in [9.17, 15) is 13.2 Å². The van der Waals surface area contributed by atoms with E-state index in [1.54, 1.807) is 24.3 Å². The van der Waals surface area contributed by atoms with Gasteiger partial charge < -0.3 is 5.32 Å². The summed E-state index contributed by atoms with van der Waals surface area (Å²) in [6.07, 6.45) is 2.17. The van der Waals surface area contributed by atoms with E-state index < -0.39 is 10.0 Å². The Hall–Kier alpha value is -2.34. The van der Waals surface area contributed by atoms with E-state index in [4.69, 9.17) is 0 Å². The second kappa shape index (κ2) is 7.28. The minimum Gasteiger partial charge on any atom is -0.326 e. The van der Waals surface area contributed by atoms with E-state index in [1.807, 2.05) is 30.3 Å². The highest BCUT2D eigenvalue weighted by atomic mass is 32.2. The number of nitrogens with zero attached hydrogens (tertiary/aromatic N) is 1. The lowest BCUT2D eigenvalue weighted by Crippen LogP contribution is -2.24. The fourth-order valence-corrected chi connectivity index (χ4v) is 2.59. The highest BCUT2D eigenvalue weighted by Crippen LogP contribution is 2.20. The molecular formula is C17H20N2O3S. The van der Waals surface area contributed by atoms with Crippen molar-refractivity contribution in [2.24, 2.45) is 0 Å². The van der Waals surface area contributed by atoms with Crippen molar-refractivity contribution in [3.63, 3.8) is 0 Å². The van der Waals surface area contributed by atoms with E-state index in [0.29, 0.717) is 24.2 Å². The Morgan fingerprint density at radius 1 is 1.09 bits per heavy atom. The summed E-state index contributed by atoms with van der Waals surface area (Å²) >= 11 is 0. The van der Waals surface area contributed by atoms with Crippen LogP contribution < -0.4 is 9.62 Å². The second-order valence-electron chi connectivity index (χ2n) is 5.31. The van der Waals surface area contributed by atoms with E-state index >= 15 is 0 Å². The van der Waals surface area contributed by atoms with E-state index in [-0.39, 0.29) is 5.91 Å². The number of rotatable bonds is 6. The highest BCUT2D eigenvalue weighted by Gasteiger charge is 2.12. The van der Waals surface area contributed by atoms with Crippen molar-refractivity contribution < 1.29 is 13.2 Å². The maximum absolute atomic E-state index is 12.0. The van der Waals surface area contributed by atoms with Crippen molar-refractivity contribution in [2.45, 2.75) is 12.8 Å². The van der Waals surface area contributed by atoms with Crippen LogP contribution in [0.15, 0.2) is 54.6 Å². The fraction of sp³-hybridized carbons (Fsp3) is 0.235. The Morgan fingerprint density at radius 2 is 1.78 bits per heavy atom. The van der Waals surface area contributed by atoms with Gasteiger partial charge in [0, 0.05) is 19.2 Å². The van der Waals surface area contributed by atoms with Gasteiger partial charge in [0.25, 0.3) is 0 Å². The van der Waals surface area contributed by atoms with Crippen LogP contribution >= 0.6 is 0 Å². The Labute approximate surface area is 137 Å². The van der Waals surface area contributed by atoms with Crippen LogP contribution in [-0.2, 0) is 21.2 Å². The van der Waals surface area contributed by atoms with Crippen LogP contribution in [-0.4, -0.2) is 27.6 Å². The number of hydrogen-bond donors (Lipinski definition) is 1. The lowest BCUT2D eigenvalue weighted by molar-refractivity contribution is -0.116. The molecule has 0 bridgehead atoms. The molecule has 0 aliphatic carbocycles. The van der Waals surface area contributed by atoms with Gasteiger partial charge in [-0.1, -0.05) is 36.4 Å². The van der Waals surface area contributed by atoms with Crippen molar-refractivity contribution in [2.75, 3.05) is 22.9 Å². The van der Waals surface area contributed by atoms with Gasteiger partial charge in [-0.3, -0.25) is 9.10 Å². The fourth-order valence-electron chi connectivity index (χ4n) is 2.10. The first-order valence-corrected chi connectivity index (χ1v) is 9.09. The van der Waals surface area contributed by atoms with Gasteiger partial charge in [0.05, 0.1) is 11.9 Å². The molecule has 6 heteroatoms. The largest absolute Gasteiger partial charge is 0.326 e. The van der Waals surface area contributed by atoms with Crippen LogP contribution in [0.3, 0.4) is 0 Å². The van der Waals surface area contributed by atoms with E-state index in [1.165, 1.54) is 11.4 Å². The van der Waals surface area contributed by atoms with Crippen molar-refractivity contribution >= 4 is 27.3 Å². The summed E-state index contributed by atoms with van der Waals surface area (Å²) in [6, 6.07) is 16.6. The standard InChI is InChI=1S/C17H20N2O3S/c1-19(23(2,21)22)16-10-6-9-15(13-16)18-17(20)12-11-14-7-4-3-5-8-14/h3-10,13H,11-12H2,1-2H3,(H,18,20). The van der Waals surface area contributed by atoms with E-state index in [2.05, 4.69) is 5.32 Å². The number of benzene rings is 2. The second-order valence-corrected chi connectivity index (χ2v) is 7.33. The summed E-state index contributed by atoms with van der Waals surface area (Å²) in [5, 5.41) is 2.80. The smallest absolute Gasteiger partial charge is 0.231 e. The Kier molecular flexibility index (Phi) is 5.39. The zero-order valence-electron chi connectivity index (χ0n) is 13.2. The highest BCUT2D eigenvalue weighted by molar-refractivity contribution is 7.92. The normalized spacial score (nSPS) is 11.0. The summed E-state index contributed by atoms with van der Waals surface area (Å²) in [5.41, 5.74) is 2.19. The molecule has 23 heavy (non-hydrogen) atoms. The van der Waals surface area contributed by atoms with Crippen LogP contribution in [0, 0.1) is 0 Å². The van der Waals surface area contributed by atoms with Gasteiger partial charge in [-0.25, -0.2) is 8.42 Å². The summed E-state index contributed by atoms with van der Waals surface area (Å²) < 4.78 is 24.3. The summed E-state index contributed by atoms with van der Waals surface area (Å²) in [6.45, 7) is 0. The summed E-state index contributed by atoms with van der Waals surface area (Å²) in [7, 11) is -1.85. The first-order chi connectivity index (χ1) is 10.9. The molecule has 122 valence electrons. The van der Waals surface area contributed by atoms with Crippen molar-refractivity contribution in [1.82, 2.24) is 0 Å². The Morgan fingerprint density at radius 3 is 2.43 bits per heavy atom. The number of carbonyl (C=O) groups excluding carboxylic acids is 1. The number of hydrogen-bond acceptors (Lipinski definition) is 3. The molecule has 0 saturated heterocycles. The molecular weight excluding hydrogens is 312 g/mol. The molecule has 0 aliphatic heterocycles. The SMILES string of the molecule is CN(c1cccc(NC(=O)CCc2ccccc2)c1)S(C)(=O)=O. The molecule has 1 N–H and O–H groups in total. The molecule has 0 heterocycles.